The van der Waals surface area contributed by atoms with Gasteiger partial charge in [0.15, 0.2) is 5.82 Å². The number of rotatable bonds is 2. The molecule has 0 fully saturated rings. The molecule has 0 aliphatic rings. The molecule has 0 radical (unpaired) electrons. The molecule has 0 aliphatic heterocycles. The summed E-state index contributed by atoms with van der Waals surface area (Å²) >= 11 is 1.61. The van der Waals surface area contributed by atoms with E-state index < -0.39 is 0 Å². The predicted molar refractivity (Wildman–Crippen MR) is 47.4 cm³/mol. The van der Waals surface area contributed by atoms with Gasteiger partial charge < -0.3 is 0 Å². The van der Waals surface area contributed by atoms with Crippen LogP contribution in [0, 0.1) is 0 Å². The molecule has 0 amide bonds. The van der Waals surface area contributed by atoms with Gasteiger partial charge in [-0.05, 0) is 6.42 Å². The van der Waals surface area contributed by atoms with Gasteiger partial charge in [0.25, 0.3) is 0 Å². The third kappa shape index (κ3) is 1.01. The molecule has 0 aromatic carbocycles. The van der Waals surface area contributed by atoms with Crippen molar-refractivity contribution in [2.75, 3.05) is 0 Å². The third-order valence-electron chi connectivity index (χ3n) is 1.72. The molecule has 0 aliphatic carbocycles. The number of nitrogens with zero attached hydrogens (tertiary/aromatic N) is 4. The van der Waals surface area contributed by atoms with Gasteiger partial charge in [-0.3, -0.25) is 0 Å². The lowest BCUT2D eigenvalue weighted by Crippen LogP contribution is -1.93. The number of aryl methyl sites for hydroxylation is 2. The minimum absolute atomic E-state index is 0.883. The Balaban J connectivity index is 2.60. The van der Waals surface area contributed by atoms with E-state index in [4.69, 9.17) is 0 Å². The van der Waals surface area contributed by atoms with E-state index in [-0.39, 0.29) is 0 Å². The van der Waals surface area contributed by atoms with Crippen LogP contribution >= 0.6 is 11.3 Å². The highest BCUT2D eigenvalue weighted by atomic mass is 32.1. The molecule has 2 heterocycles. The second-order valence-electron chi connectivity index (χ2n) is 2.51. The maximum Gasteiger partial charge on any atom is 0.234 e. The lowest BCUT2D eigenvalue weighted by atomic mass is 10.5. The fourth-order valence-electron chi connectivity index (χ4n) is 1.06. The van der Waals surface area contributed by atoms with Gasteiger partial charge in [0.05, 0.1) is 0 Å². The largest absolute Gasteiger partial charge is 0.234 e. The molecule has 0 saturated carbocycles. The Morgan fingerprint density at radius 3 is 2.75 bits per heavy atom. The molecule has 12 heavy (non-hydrogen) atoms. The first-order chi connectivity index (χ1) is 5.85. The highest BCUT2D eigenvalue weighted by molar-refractivity contribution is 7.16. The number of fused-ring (bicyclic) bond motifs is 1. The van der Waals surface area contributed by atoms with Gasteiger partial charge in [0, 0.05) is 6.42 Å². The Hall–Kier alpha value is -0.970. The van der Waals surface area contributed by atoms with Crippen LogP contribution in [-0.2, 0) is 12.8 Å². The van der Waals surface area contributed by atoms with Gasteiger partial charge in [-0.2, -0.15) is 9.61 Å². The van der Waals surface area contributed by atoms with Crippen molar-refractivity contribution in [1.82, 2.24) is 19.8 Å². The van der Waals surface area contributed by atoms with E-state index in [0.717, 1.165) is 28.6 Å². The highest BCUT2D eigenvalue weighted by Crippen LogP contribution is 2.13. The van der Waals surface area contributed by atoms with Crippen LogP contribution in [0.5, 0.6) is 0 Å². The first-order valence-electron chi connectivity index (χ1n) is 4.05. The average Bonchev–Trinajstić information content (AvgIpc) is 2.61. The summed E-state index contributed by atoms with van der Waals surface area (Å²) in [5.41, 5.74) is 0. The summed E-state index contributed by atoms with van der Waals surface area (Å²) in [5.74, 6) is 0.945. The first kappa shape index (κ1) is 7.67. The Morgan fingerprint density at radius 2 is 2.08 bits per heavy atom. The molecule has 64 valence electrons. The van der Waals surface area contributed by atoms with Crippen LogP contribution in [0.25, 0.3) is 4.96 Å². The van der Waals surface area contributed by atoms with E-state index >= 15 is 0 Å². The standard InChI is InChI=1S/C7H10N4S/c1-3-5-8-9-7-11(5)10-6(4-2)12-7/h3-4H2,1-2H3. The van der Waals surface area contributed by atoms with Crippen LogP contribution in [-0.4, -0.2) is 19.8 Å². The topological polar surface area (TPSA) is 43.1 Å². The summed E-state index contributed by atoms with van der Waals surface area (Å²) in [5, 5.41) is 13.5. The SMILES string of the molecule is CCc1nn2c(CC)nnc2s1. The van der Waals surface area contributed by atoms with Gasteiger partial charge >= 0.3 is 0 Å². The van der Waals surface area contributed by atoms with E-state index in [0.29, 0.717) is 0 Å². The van der Waals surface area contributed by atoms with Crippen LogP contribution in [0.1, 0.15) is 24.7 Å². The fourth-order valence-corrected chi connectivity index (χ4v) is 1.85. The van der Waals surface area contributed by atoms with Crippen LogP contribution < -0.4 is 0 Å². The zero-order chi connectivity index (χ0) is 8.55. The molecule has 0 atom stereocenters. The molecular formula is C7H10N4S. The van der Waals surface area contributed by atoms with E-state index in [2.05, 4.69) is 29.1 Å². The average molecular weight is 182 g/mol. The summed E-state index contributed by atoms with van der Waals surface area (Å²) in [7, 11) is 0. The van der Waals surface area contributed by atoms with Crippen molar-refractivity contribution in [3.8, 4) is 0 Å². The number of hydrogen-bond donors (Lipinski definition) is 0. The molecule has 2 aromatic heterocycles. The van der Waals surface area contributed by atoms with E-state index in [1.54, 1.807) is 11.3 Å². The predicted octanol–water partition coefficient (Wildman–Crippen LogP) is 1.31. The molecule has 4 nitrogen and oxygen atoms in total. The zero-order valence-electron chi connectivity index (χ0n) is 7.11. The quantitative estimate of drug-likeness (QED) is 0.703. The summed E-state index contributed by atoms with van der Waals surface area (Å²) in [6, 6.07) is 0. The van der Waals surface area contributed by atoms with E-state index in [1.807, 2.05) is 4.52 Å². The van der Waals surface area contributed by atoms with Gasteiger partial charge in [0.1, 0.15) is 5.01 Å². The maximum atomic E-state index is 4.37. The normalized spacial score (nSPS) is 11.2. The molecule has 0 N–H and O–H groups in total. The van der Waals surface area contributed by atoms with Crippen molar-refractivity contribution < 1.29 is 0 Å². The lowest BCUT2D eigenvalue weighted by molar-refractivity contribution is 0.813. The number of aromatic nitrogens is 4. The first-order valence-corrected chi connectivity index (χ1v) is 4.86. The van der Waals surface area contributed by atoms with Crippen molar-refractivity contribution in [2.24, 2.45) is 0 Å². The van der Waals surface area contributed by atoms with Crippen LogP contribution in [0.3, 0.4) is 0 Å². The molecule has 2 aromatic rings. The second kappa shape index (κ2) is 2.82. The van der Waals surface area contributed by atoms with Crippen molar-refractivity contribution in [1.29, 1.82) is 0 Å². The van der Waals surface area contributed by atoms with E-state index in [1.165, 1.54) is 0 Å². The van der Waals surface area contributed by atoms with Crippen LogP contribution in [0.15, 0.2) is 0 Å². The van der Waals surface area contributed by atoms with Gasteiger partial charge in [-0.15, -0.1) is 10.2 Å². The Kier molecular flexibility index (Phi) is 1.80. The van der Waals surface area contributed by atoms with Crippen LogP contribution in [0.4, 0.5) is 0 Å². The fraction of sp³-hybridized carbons (Fsp3) is 0.571. The molecule has 0 bridgehead atoms. The Morgan fingerprint density at radius 1 is 1.25 bits per heavy atom. The van der Waals surface area contributed by atoms with Crippen LogP contribution in [0.2, 0.25) is 0 Å². The van der Waals surface area contributed by atoms with Gasteiger partial charge in [-0.25, -0.2) is 0 Å². The number of hydrogen-bond acceptors (Lipinski definition) is 4. The molecule has 0 unspecified atom stereocenters. The summed E-state index contributed by atoms with van der Waals surface area (Å²) in [6.07, 6.45) is 1.85. The molecule has 5 heteroatoms. The smallest absolute Gasteiger partial charge is 0.187 e. The highest BCUT2D eigenvalue weighted by Gasteiger charge is 2.07. The molecule has 0 spiro atoms. The summed E-state index contributed by atoms with van der Waals surface area (Å²) in [4.78, 5) is 0.906. The monoisotopic (exact) mass is 182 g/mol. The maximum absolute atomic E-state index is 4.37. The Bertz CT molecular complexity index is 389. The third-order valence-corrected chi connectivity index (χ3v) is 2.76. The molecular weight excluding hydrogens is 172 g/mol. The minimum Gasteiger partial charge on any atom is -0.187 e. The van der Waals surface area contributed by atoms with Crippen molar-refractivity contribution in [3.05, 3.63) is 10.8 Å². The molecule has 0 saturated heterocycles. The van der Waals surface area contributed by atoms with Crippen molar-refractivity contribution in [3.63, 3.8) is 0 Å². The summed E-state index contributed by atoms with van der Waals surface area (Å²) in [6.45, 7) is 4.15. The van der Waals surface area contributed by atoms with Gasteiger partial charge in [-0.1, -0.05) is 25.2 Å². The Labute approximate surface area is 74.2 Å². The minimum atomic E-state index is 0.883. The van der Waals surface area contributed by atoms with Gasteiger partial charge in [0.2, 0.25) is 4.96 Å². The second-order valence-corrected chi connectivity index (χ2v) is 3.55. The zero-order valence-corrected chi connectivity index (χ0v) is 7.93. The van der Waals surface area contributed by atoms with E-state index in [9.17, 15) is 0 Å². The summed E-state index contributed by atoms with van der Waals surface area (Å²) < 4.78 is 1.84. The van der Waals surface area contributed by atoms with Crippen molar-refractivity contribution in [2.45, 2.75) is 26.7 Å². The lowest BCUT2D eigenvalue weighted by Gasteiger charge is -1.86. The van der Waals surface area contributed by atoms with Crippen molar-refractivity contribution >= 4 is 16.3 Å². The molecule has 2 rings (SSSR count).